The van der Waals surface area contributed by atoms with E-state index in [0.717, 1.165) is 30.4 Å². The maximum Gasteiger partial charge on any atom is 0.265 e. The van der Waals surface area contributed by atoms with Gasteiger partial charge in [0.25, 0.3) is 5.91 Å². The fourth-order valence-electron chi connectivity index (χ4n) is 3.43. The van der Waals surface area contributed by atoms with Gasteiger partial charge in [0.15, 0.2) is 0 Å². The largest absolute Gasteiger partial charge is 0.496 e. The van der Waals surface area contributed by atoms with Gasteiger partial charge in [0.05, 0.1) is 7.11 Å². The van der Waals surface area contributed by atoms with Crippen molar-refractivity contribution in [2.24, 2.45) is 0 Å². The van der Waals surface area contributed by atoms with Gasteiger partial charge < -0.3 is 9.64 Å². The van der Waals surface area contributed by atoms with Crippen molar-refractivity contribution in [3.05, 3.63) is 45.6 Å². The Kier molecular flexibility index (Phi) is 6.42. The van der Waals surface area contributed by atoms with E-state index in [-0.39, 0.29) is 15.7 Å². The number of hydrogen-bond donors (Lipinski definition) is 0. The summed E-state index contributed by atoms with van der Waals surface area (Å²) in [5.74, 6) is 0.409. The second kappa shape index (κ2) is 8.63. The number of benzene rings is 1. The molecule has 1 aromatic carbocycles. The van der Waals surface area contributed by atoms with Gasteiger partial charge in [0.2, 0.25) is 10.0 Å². The van der Waals surface area contributed by atoms with Crippen LogP contribution in [0.1, 0.15) is 40.1 Å². The number of nitrogens with zero attached hydrogens (tertiary/aromatic N) is 2. The lowest BCUT2D eigenvalue weighted by molar-refractivity contribution is 0.0785. The molecule has 8 heteroatoms. The van der Waals surface area contributed by atoms with E-state index in [1.54, 1.807) is 30.5 Å². The van der Waals surface area contributed by atoms with E-state index in [1.807, 2.05) is 25.1 Å². The van der Waals surface area contributed by atoms with Crippen LogP contribution < -0.4 is 4.74 Å². The molecule has 3 rings (SSSR count). The average Bonchev–Trinajstić information content (AvgIpc) is 3.19. The molecule has 0 saturated carbocycles. The van der Waals surface area contributed by atoms with E-state index >= 15 is 0 Å². The number of ether oxygens (including phenoxy) is 1. The SMILES string of the molecule is COc1ccc(C)cc1CN(C)C(=O)c1sccc1S(=O)(=O)N1CCCCC1. The molecule has 0 unspecified atom stereocenters. The Morgan fingerprint density at radius 1 is 1.21 bits per heavy atom. The summed E-state index contributed by atoms with van der Waals surface area (Å²) in [4.78, 5) is 15.0. The summed E-state index contributed by atoms with van der Waals surface area (Å²) in [6.45, 7) is 3.35. The number of sulfonamides is 1. The van der Waals surface area contributed by atoms with Gasteiger partial charge in [-0.25, -0.2) is 8.42 Å². The van der Waals surface area contributed by atoms with Crippen LogP contribution >= 0.6 is 11.3 Å². The van der Waals surface area contributed by atoms with Crippen molar-refractivity contribution in [1.82, 2.24) is 9.21 Å². The summed E-state index contributed by atoms with van der Waals surface area (Å²) < 4.78 is 33.0. The molecule has 0 N–H and O–H groups in total. The summed E-state index contributed by atoms with van der Waals surface area (Å²) in [7, 11) is -0.371. The summed E-state index contributed by atoms with van der Waals surface area (Å²) in [6, 6.07) is 7.35. The second-order valence-corrected chi connectivity index (χ2v) is 9.88. The van der Waals surface area contributed by atoms with Gasteiger partial charge in [-0.05, 0) is 37.3 Å². The summed E-state index contributed by atoms with van der Waals surface area (Å²) in [5, 5.41) is 1.67. The van der Waals surface area contributed by atoms with Crippen molar-refractivity contribution in [1.29, 1.82) is 0 Å². The fraction of sp³-hybridized carbons (Fsp3) is 0.450. The van der Waals surface area contributed by atoms with Gasteiger partial charge >= 0.3 is 0 Å². The number of rotatable bonds is 6. The summed E-state index contributed by atoms with van der Waals surface area (Å²) in [5.41, 5.74) is 1.96. The van der Waals surface area contributed by atoms with Crippen LogP contribution in [0.25, 0.3) is 0 Å². The zero-order chi connectivity index (χ0) is 20.3. The number of carbonyl (C=O) groups excluding carboxylic acids is 1. The van der Waals surface area contributed by atoms with Crippen LogP contribution in [0.2, 0.25) is 0 Å². The first kappa shape index (κ1) is 20.8. The topological polar surface area (TPSA) is 66.9 Å². The molecule has 1 aromatic heterocycles. The van der Waals surface area contributed by atoms with Gasteiger partial charge in [-0.2, -0.15) is 4.31 Å². The zero-order valence-electron chi connectivity index (χ0n) is 16.5. The Hall–Kier alpha value is -1.90. The van der Waals surface area contributed by atoms with Crippen molar-refractivity contribution >= 4 is 27.3 Å². The van der Waals surface area contributed by atoms with Crippen molar-refractivity contribution in [2.75, 3.05) is 27.2 Å². The van der Waals surface area contributed by atoms with E-state index in [4.69, 9.17) is 4.74 Å². The summed E-state index contributed by atoms with van der Waals surface area (Å²) >= 11 is 1.17. The minimum Gasteiger partial charge on any atom is -0.496 e. The number of thiophene rings is 1. The Morgan fingerprint density at radius 3 is 2.61 bits per heavy atom. The third kappa shape index (κ3) is 4.24. The van der Waals surface area contributed by atoms with Crippen LogP contribution in [0.5, 0.6) is 5.75 Å². The molecule has 0 aliphatic carbocycles. The predicted octanol–water partition coefficient (Wildman–Crippen LogP) is 3.51. The van der Waals surface area contributed by atoms with Crippen molar-refractivity contribution < 1.29 is 17.9 Å². The molecule has 1 aliphatic rings. The Bertz CT molecular complexity index is 947. The van der Waals surface area contributed by atoms with Crippen molar-refractivity contribution in [3.8, 4) is 5.75 Å². The van der Waals surface area contributed by atoms with E-state index in [0.29, 0.717) is 25.4 Å². The average molecular weight is 423 g/mol. The minimum absolute atomic E-state index is 0.118. The third-order valence-electron chi connectivity index (χ3n) is 4.95. The highest BCUT2D eigenvalue weighted by atomic mass is 32.2. The van der Waals surface area contributed by atoms with Crippen molar-refractivity contribution in [3.63, 3.8) is 0 Å². The maximum absolute atomic E-state index is 13.1. The predicted molar refractivity (Wildman–Crippen MR) is 110 cm³/mol. The molecule has 6 nitrogen and oxygen atoms in total. The molecular weight excluding hydrogens is 396 g/mol. The molecule has 0 bridgehead atoms. The van der Waals surface area contributed by atoms with E-state index < -0.39 is 10.0 Å². The molecule has 1 amide bonds. The van der Waals surface area contributed by atoms with Crippen LogP contribution in [-0.4, -0.2) is 50.8 Å². The van der Waals surface area contributed by atoms with Crippen LogP contribution in [0.4, 0.5) is 0 Å². The highest BCUT2D eigenvalue weighted by Gasteiger charge is 2.32. The van der Waals surface area contributed by atoms with Gasteiger partial charge in [0, 0.05) is 32.2 Å². The van der Waals surface area contributed by atoms with Gasteiger partial charge in [-0.1, -0.05) is 24.1 Å². The summed E-state index contributed by atoms with van der Waals surface area (Å²) in [6.07, 6.45) is 2.77. The first-order valence-electron chi connectivity index (χ1n) is 9.31. The number of carbonyl (C=O) groups is 1. The molecule has 1 aliphatic heterocycles. The molecule has 2 aromatic rings. The molecule has 0 atom stereocenters. The van der Waals surface area contributed by atoms with Crippen LogP contribution in [-0.2, 0) is 16.6 Å². The smallest absolute Gasteiger partial charge is 0.265 e. The fourth-order valence-corrected chi connectivity index (χ4v) is 6.34. The Balaban J connectivity index is 1.84. The van der Waals surface area contributed by atoms with Crippen molar-refractivity contribution in [2.45, 2.75) is 37.6 Å². The Morgan fingerprint density at radius 2 is 1.93 bits per heavy atom. The van der Waals surface area contributed by atoms with Gasteiger partial charge in [-0.3, -0.25) is 4.79 Å². The first-order valence-corrected chi connectivity index (χ1v) is 11.6. The molecule has 1 fully saturated rings. The van der Waals surface area contributed by atoms with Crippen LogP contribution in [0, 0.1) is 6.92 Å². The van der Waals surface area contributed by atoms with E-state index in [1.165, 1.54) is 15.6 Å². The van der Waals surface area contributed by atoms with E-state index in [2.05, 4.69) is 0 Å². The normalized spacial score (nSPS) is 15.4. The molecule has 152 valence electrons. The maximum atomic E-state index is 13.1. The third-order valence-corrected chi connectivity index (χ3v) is 7.92. The van der Waals surface area contributed by atoms with E-state index in [9.17, 15) is 13.2 Å². The molecule has 2 heterocycles. The lowest BCUT2D eigenvalue weighted by Crippen LogP contribution is -2.36. The Labute approximate surface area is 170 Å². The molecular formula is C20H26N2O4S2. The minimum atomic E-state index is -3.65. The standard InChI is InChI=1S/C20H26N2O4S2/c1-15-7-8-17(26-3)16(13-15)14-21(2)20(23)19-18(9-12-27-19)28(24,25)22-10-5-4-6-11-22/h7-9,12-13H,4-6,10-11,14H2,1-3H3. The second-order valence-electron chi connectivity index (χ2n) is 7.06. The molecule has 0 radical (unpaired) electrons. The van der Waals surface area contributed by atoms with Crippen LogP contribution in [0.15, 0.2) is 34.5 Å². The highest BCUT2D eigenvalue weighted by Crippen LogP contribution is 2.29. The number of methoxy groups -OCH3 is 1. The number of amides is 1. The number of piperidine rings is 1. The molecule has 1 saturated heterocycles. The number of aryl methyl sites for hydroxylation is 1. The number of hydrogen-bond acceptors (Lipinski definition) is 5. The lowest BCUT2D eigenvalue weighted by Gasteiger charge is -2.26. The highest BCUT2D eigenvalue weighted by molar-refractivity contribution is 7.89. The molecule has 0 spiro atoms. The van der Waals surface area contributed by atoms with Gasteiger partial charge in [-0.15, -0.1) is 11.3 Å². The van der Waals surface area contributed by atoms with Crippen LogP contribution in [0.3, 0.4) is 0 Å². The van der Waals surface area contributed by atoms with Gasteiger partial charge in [0.1, 0.15) is 15.5 Å². The quantitative estimate of drug-likeness (QED) is 0.714. The monoisotopic (exact) mass is 422 g/mol. The molecule has 28 heavy (non-hydrogen) atoms. The first-order chi connectivity index (χ1) is 13.3. The zero-order valence-corrected chi connectivity index (χ0v) is 18.1. The lowest BCUT2D eigenvalue weighted by atomic mass is 10.1.